The van der Waals surface area contributed by atoms with Gasteiger partial charge < -0.3 is 20.5 Å². The molecule has 4 rings (SSSR count). The Hall–Kier alpha value is -4.14. The van der Waals surface area contributed by atoms with E-state index in [1.165, 1.54) is 10.9 Å². The third-order valence-corrected chi connectivity index (χ3v) is 5.91. The molecule has 9 heteroatoms. The van der Waals surface area contributed by atoms with Crippen LogP contribution in [0.15, 0.2) is 54.7 Å². The molecule has 1 aliphatic carbocycles. The van der Waals surface area contributed by atoms with E-state index in [0.29, 0.717) is 0 Å². The molecular formula is C25H26N4O5. The molecule has 0 saturated carbocycles. The number of ether oxygens (including phenoxy) is 1. The van der Waals surface area contributed by atoms with Gasteiger partial charge in [0.05, 0.1) is 11.1 Å². The van der Waals surface area contributed by atoms with Crippen LogP contribution in [0.1, 0.15) is 41.4 Å². The Balaban J connectivity index is 1.35. The maximum atomic E-state index is 12.7. The first-order valence-corrected chi connectivity index (χ1v) is 10.8. The van der Waals surface area contributed by atoms with Crippen LogP contribution in [-0.2, 0) is 16.6 Å². The number of amides is 2. The van der Waals surface area contributed by atoms with Crippen LogP contribution in [0.3, 0.4) is 0 Å². The number of aromatic carboxylic acids is 1. The summed E-state index contributed by atoms with van der Waals surface area (Å²) in [5, 5.41) is 18.3. The Morgan fingerprint density at radius 1 is 1.06 bits per heavy atom. The molecule has 1 heterocycles. The lowest BCUT2D eigenvalue weighted by atomic mass is 9.92. The van der Waals surface area contributed by atoms with Gasteiger partial charge >= 0.3 is 12.1 Å². The Kier molecular flexibility index (Phi) is 6.10. The first-order chi connectivity index (χ1) is 16.2. The molecule has 0 radical (unpaired) electrons. The predicted molar refractivity (Wildman–Crippen MR) is 126 cm³/mol. The lowest BCUT2D eigenvalue weighted by molar-refractivity contribution is -0.123. The van der Waals surface area contributed by atoms with E-state index >= 15 is 0 Å². The van der Waals surface area contributed by atoms with Crippen LogP contribution in [0.25, 0.3) is 11.1 Å². The van der Waals surface area contributed by atoms with Crippen molar-refractivity contribution in [1.82, 2.24) is 15.1 Å². The third-order valence-electron chi connectivity index (χ3n) is 5.91. The van der Waals surface area contributed by atoms with E-state index < -0.39 is 23.4 Å². The molecule has 2 aromatic carbocycles. The second kappa shape index (κ2) is 9.01. The highest BCUT2D eigenvalue weighted by molar-refractivity contribution is 6.01. The van der Waals surface area contributed by atoms with Gasteiger partial charge in [0.25, 0.3) is 0 Å². The normalized spacial score (nSPS) is 12.6. The summed E-state index contributed by atoms with van der Waals surface area (Å²) in [5.74, 6) is -1.76. The molecule has 2 amide bonds. The summed E-state index contributed by atoms with van der Waals surface area (Å²) < 4.78 is 6.82. The van der Waals surface area contributed by atoms with E-state index in [2.05, 4.69) is 27.9 Å². The molecule has 34 heavy (non-hydrogen) atoms. The topological polar surface area (TPSA) is 123 Å². The Morgan fingerprint density at radius 3 is 2.24 bits per heavy atom. The molecule has 0 saturated heterocycles. The lowest BCUT2D eigenvalue weighted by Gasteiger charge is -2.24. The van der Waals surface area contributed by atoms with Gasteiger partial charge in [-0.05, 0) is 36.1 Å². The number of carboxylic acid groups (broad SMARTS) is 1. The Labute approximate surface area is 196 Å². The number of aromatic nitrogens is 2. The molecule has 0 spiro atoms. The fourth-order valence-corrected chi connectivity index (χ4v) is 4.05. The molecule has 9 nitrogen and oxygen atoms in total. The largest absolute Gasteiger partial charge is 0.476 e. The number of carboxylic acids is 1. The average Bonchev–Trinajstić information content (AvgIpc) is 3.34. The van der Waals surface area contributed by atoms with Crippen LogP contribution in [0.5, 0.6) is 0 Å². The van der Waals surface area contributed by atoms with Crippen molar-refractivity contribution in [3.05, 3.63) is 71.5 Å². The van der Waals surface area contributed by atoms with Crippen molar-refractivity contribution in [1.29, 1.82) is 0 Å². The number of benzene rings is 2. The van der Waals surface area contributed by atoms with Crippen LogP contribution in [0, 0.1) is 5.41 Å². The number of hydrogen-bond acceptors (Lipinski definition) is 5. The second-order valence-corrected chi connectivity index (χ2v) is 8.89. The van der Waals surface area contributed by atoms with Gasteiger partial charge in [0, 0.05) is 25.7 Å². The van der Waals surface area contributed by atoms with Crippen molar-refractivity contribution in [2.24, 2.45) is 12.5 Å². The minimum atomic E-state index is -1.24. The first kappa shape index (κ1) is 23.0. The van der Waals surface area contributed by atoms with Crippen molar-refractivity contribution >= 4 is 23.7 Å². The number of hydrogen-bond donors (Lipinski definition) is 3. The molecule has 176 valence electrons. The summed E-state index contributed by atoms with van der Waals surface area (Å²) in [7, 11) is 1.56. The second-order valence-electron chi connectivity index (χ2n) is 8.89. The van der Waals surface area contributed by atoms with E-state index in [1.54, 1.807) is 20.9 Å². The SMILES string of the molecule is Cn1cc(NC(=O)C(C)(C)CNC(=O)OCC2c3ccccc3-c3ccccc32)c(C(=O)O)n1. The van der Waals surface area contributed by atoms with Crippen LogP contribution in [0.4, 0.5) is 10.5 Å². The number of rotatable bonds is 7. The summed E-state index contributed by atoms with van der Waals surface area (Å²) in [5.41, 5.74) is 3.31. The number of carbonyl (C=O) groups excluding carboxylic acids is 2. The smallest absolute Gasteiger partial charge is 0.407 e. The van der Waals surface area contributed by atoms with Crippen molar-refractivity contribution in [2.45, 2.75) is 19.8 Å². The summed E-state index contributed by atoms with van der Waals surface area (Å²) in [6, 6.07) is 16.1. The fraction of sp³-hybridized carbons (Fsp3) is 0.280. The van der Waals surface area contributed by atoms with Gasteiger partial charge in [-0.25, -0.2) is 9.59 Å². The van der Waals surface area contributed by atoms with Gasteiger partial charge in [-0.1, -0.05) is 48.5 Å². The minimum absolute atomic E-state index is 0.00181. The highest BCUT2D eigenvalue weighted by Crippen LogP contribution is 2.44. The molecular weight excluding hydrogens is 436 g/mol. The number of nitrogens with one attached hydrogen (secondary N) is 2. The van der Waals surface area contributed by atoms with Gasteiger partial charge in [0.15, 0.2) is 5.69 Å². The molecule has 1 aromatic heterocycles. The van der Waals surface area contributed by atoms with Crippen molar-refractivity contribution in [3.63, 3.8) is 0 Å². The summed E-state index contributed by atoms with van der Waals surface area (Å²) >= 11 is 0. The number of anilines is 1. The van der Waals surface area contributed by atoms with E-state index in [0.717, 1.165) is 22.3 Å². The molecule has 0 fully saturated rings. The number of aryl methyl sites for hydroxylation is 1. The molecule has 0 atom stereocenters. The van der Waals surface area contributed by atoms with Gasteiger partial charge in [0.2, 0.25) is 5.91 Å². The third kappa shape index (κ3) is 4.50. The standard InChI is InChI=1S/C25H26N4O5/c1-25(2,23(32)27-20-12-29(3)28-21(20)22(30)31)14-26-24(33)34-13-19-17-10-6-4-8-15(17)16-9-5-7-11-18(16)19/h4-12,19H,13-14H2,1-3H3,(H,26,33)(H,27,32)(H,30,31). The summed E-state index contributed by atoms with van der Waals surface area (Å²) in [4.78, 5) is 36.5. The first-order valence-electron chi connectivity index (χ1n) is 10.8. The van der Waals surface area contributed by atoms with Crippen LogP contribution >= 0.6 is 0 Å². The van der Waals surface area contributed by atoms with E-state index in [9.17, 15) is 19.5 Å². The van der Waals surface area contributed by atoms with Crippen LogP contribution in [-0.4, -0.2) is 46.0 Å². The van der Waals surface area contributed by atoms with E-state index in [-0.39, 0.29) is 30.5 Å². The van der Waals surface area contributed by atoms with Gasteiger partial charge in [-0.2, -0.15) is 5.10 Å². The highest BCUT2D eigenvalue weighted by atomic mass is 16.5. The predicted octanol–water partition coefficient (Wildman–Crippen LogP) is 3.62. The Morgan fingerprint density at radius 2 is 1.65 bits per heavy atom. The zero-order valence-corrected chi connectivity index (χ0v) is 19.2. The molecule has 1 aliphatic rings. The quantitative estimate of drug-likeness (QED) is 0.493. The molecule has 0 unspecified atom stereocenters. The van der Waals surface area contributed by atoms with Gasteiger partial charge in [0.1, 0.15) is 6.61 Å². The van der Waals surface area contributed by atoms with Crippen molar-refractivity contribution < 1.29 is 24.2 Å². The monoisotopic (exact) mass is 462 g/mol. The average molecular weight is 463 g/mol. The summed E-state index contributed by atoms with van der Waals surface area (Å²) in [6.07, 6.45) is 0.784. The fourth-order valence-electron chi connectivity index (χ4n) is 4.05. The zero-order valence-electron chi connectivity index (χ0n) is 19.2. The highest BCUT2D eigenvalue weighted by Gasteiger charge is 2.32. The van der Waals surface area contributed by atoms with Crippen LogP contribution in [0.2, 0.25) is 0 Å². The molecule has 3 aromatic rings. The number of fused-ring (bicyclic) bond motifs is 3. The van der Waals surface area contributed by atoms with Gasteiger partial charge in [-0.15, -0.1) is 0 Å². The molecule has 0 bridgehead atoms. The maximum absolute atomic E-state index is 12.7. The number of alkyl carbamates (subject to hydrolysis) is 1. The van der Waals surface area contributed by atoms with E-state index in [1.807, 2.05) is 36.4 Å². The number of carbonyl (C=O) groups is 3. The number of nitrogens with zero attached hydrogens (tertiary/aromatic N) is 2. The lowest BCUT2D eigenvalue weighted by Crippen LogP contribution is -2.42. The van der Waals surface area contributed by atoms with Crippen LogP contribution < -0.4 is 10.6 Å². The van der Waals surface area contributed by atoms with Gasteiger partial charge in [-0.3, -0.25) is 9.48 Å². The molecule has 0 aliphatic heterocycles. The zero-order chi connectivity index (χ0) is 24.5. The van der Waals surface area contributed by atoms with Crippen molar-refractivity contribution in [2.75, 3.05) is 18.5 Å². The maximum Gasteiger partial charge on any atom is 0.407 e. The van der Waals surface area contributed by atoms with E-state index in [4.69, 9.17) is 4.74 Å². The summed E-state index contributed by atoms with van der Waals surface area (Å²) in [6.45, 7) is 3.45. The minimum Gasteiger partial charge on any atom is -0.476 e. The molecule has 3 N–H and O–H groups in total. The Bertz CT molecular complexity index is 1220. The van der Waals surface area contributed by atoms with Crippen molar-refractivity contribution in [3.8, 4) is 11.1 Å².